The van der Waals surface area contributed by atoms with Gasteiger partial charge in [0.2, 0.25) is 0 Å². The van der Waals surface area contributed by atoms with Crippen LogP contribution in [0.15, 0.2) is 36.4 Å². The number of nitrogens with one attached hydrogen (secondary N) is 1. The molecule has 0 saturated heterocycles. The average molecular weight is 438 g/mol. The predicted molar refractivity (Wildman–Crippen MR) is 123 cm³/mol. The van der Waals surface area contributed by atoms with Crippen LogP contribution in [0.2, 0.25) is 10.0 Å². The molecule has 0 aliphatic rings. The van der Waals surface area contributed by atoms with Gasteiger partial charge in [-0.1, -0.05) is 74.4 Å². The van der Waals surface area contributed by atoms with Gasteiger partial charge in [0.15, 0.2) is 11.5 Å². The third kappa shape index (κ3) is 8.86. The molecule has 0 aromatic heterocycles. The van der Waals surface area contributed by atoms with Gasteiger partial charge in [-0.05, 0) is 55.3 Å². The maximum Gasteiger partial charge on any atom is 0.180 e. The molecule has 5 heteroatoms. The number of unbranched alkanes of at least 4 members (excludes halogenated alkanes) is 5. The molecule has 0 fully saturated rings. The van der Waals surface area contributed by atoms with E-state index in [0.717, 1.165) is 24.2 Å². The van der Waals surface area contributed by atoms with Crippen LogP contribution in [0.5, 0.6) is 11.5 Å². The summed E-state index contributed by atoms with van der Waals surface area (Å²) < 4.78 is 11.8. The molecule has 0 heterocycles. The minimum absolute atomic E-state index is 0.409. The summed E-state index contributed by atoms with van der Waals surface area (Å²) in [5.41, 5.74) is 2.13. The first-order valence-corrected chi connectivity index (χ1v) is 11.4. The lowest BCUT2D eigenvalue weighted by Gasteiger charge is -2.16. The van der Waals surface area contributed by atoms with E-state index in [1.165, 1.54) is 38.5 Å². The number of hydrogen-bond donors (Lipinski definition) is 1. The van der Waals surface area contributed by atoms with Crippen molar-refractivity contribution >= 4 is 23.2 Å². The minimum atomic E-state index is 0.409. The highest BCUT2D eigenvalue weighted by molar-refractivity contribution is 6.32. The van der Waals surface area contributed by atoms with E-state index in [-0.39, 0.29) is 0 Å². The molecule has 0 spiro atoms. The number of hydrogen-bond acceptors (Lipinski definition) is 3. The van der Waals surface area contributed by atoms with Gasteiger partial charge in [-0.3, -0.25) is 0 Å². The van der Waals surface area contributed by atoms with E-state index < -0.39 is 0 Å². The molecule has 2 aromatic carbocycles. The van der Waals surface area contributed by atoms with Crippen molar-refractivity contribution in [1.29, 1.82) is 0 Å². The zero-order valence-corrected chi connectivity index (χ0v) is 19.1. The summed E-state index contributed by atoms with van der Waals surface area (Å²) in [5, 5.41) is 4.78. The molecule has 0 amide bonds. The van der Waals surface area contributed by atoms with Gasteiger partial charge in [-0.25, -0.2) is 0 Å². The minimum Gasteiger partial charge on any atom is -0.490 e. The molecule has 0 radical (unpaired) electrons. The lowest BCUT2D eigenvalue weighted by atomic mass is 10.1. The van der Waals surface area contributed by atoms with Gasteiger partial charge in [-0.15, -0.1) is 0 Å². The van der Waals surface area contributed by atoms with Crippen LogP contribution in [-0.2, 0) is 13.2 Å². The Hall–Kier alpha value is -1.42. The van der Waals surface area contributed by atoms with E-state index in [4.69, 9.17) is 32.7 Å². The van der Waals surface area contributed by atoms with E-state index in [2.05, 4.69) is 12.2 Å². The van der Waals surface area contributed by atoms with Gasteiger partial charge < -0.3 is 14.8 Å². The molecule has 160 valence electrons. The quantitative estimate of drug-likeness (QED) is 0.311. The van der Waals surface area contributed by atoms with Gasteiger partial charge in [0.05, 0.1) is 11.6 Å². The van der Waals surface area contributed by atoms with E-state index in [9.17, 15) is 0 Å². The third-order valence-corrected chi connectivity index (χ3v) is 5.23. The first kappa shape index (κ1) is 23.9. The average Bonchev–Trinajstić information content (AvgIpc) is 2.71. The summed E-state index contributed by atoms with van der Waals surface area (Å²) in [7, 11) is 0. The number of ether oxygens (including phenoxy) is 2. The fourth-order valence-electron chi connectivity index (χ4n) is 3.13. The second-order valence-electron chi connectivity index (χ2n) is 7.20. The lowest BCUT2D eigenvalue weighted by molar-refractivity contribution is 0.269. The molecule has 0 saturated carbocycles. The van der Waals surface area contributed by atoms with Crippen LogP contribution in [0.25, 0.3) is 0 Å². The molecule has 0 unspecified atom stereocenters. The highest BCUT2D eigenvalue weighted by atomic mass is 35.5. The van der Waals surface area contributed by atoms with Crippen LogP contribution >= 0.6 is 23.2 Å². The van der Waals surface area contributed by atoms with E-state index in [0.29, 0.717) is 34.8 Å². The smallest absolute Gasteiger partial charge is 0.180 e. The molecule has 1 N–H and O–H groups in total. The molecule has 0 bridgehead atoms. The Kier molecular flexibility index (Phi) is 11.3. The first-order chi connectivity index (χ1) is 14.1. The largest absolute Gasteiger partial charge is 0.490 e. The molecule has 0 aliphatic carbocycles. The Morgan fingerprint density at radius 3 is 2.28 bits per heavy atom. The van der Waals surface area contributed by atoms with Gasteiger partial charge in [-0.2, -0.15) is 0 Å². The normalized spacial score (nSPS) is 10.9. The number of benzene rings is 2. The van der Waals surface area contributed by atoms with E-state index >= 15 is 0 Å². The summed E-state index contributed by atoms with van der Waals surface area (Å²) >= 11 is 12.5. The van der Waals surface area contributed by atoms with E-state index in [1.54, 1.807) is 0 Å². The van der Waals surface area contributed by atoms with Crippen LogP contribution in [-0.4, -0.2) is 13.2 Å². The highest BCUT2D eigenvalue weighted by Crippen LogP contribution is 2.37. The second kappa shape index (κ2) is 13.7. The Morgan fingerprint density at radius 2 is 1.55 bits per heavy atom. The fourth-order valence-corrected chi connectivity index (χ4v) is 3.54. The molecule has 29 heavy (non-hydrogen) atoms. The van der Waals surface area contributed by atoms with Crippen molar-refractivity contribution in [2.45, 2.75) is 65.5 Å². The third-order valence-electron chi connectivity index (χ3n) is 4.70. The van der Waals surface area contributed by atoms with Gasteiger partial charge in [0.25, 0.3) is 0 Å². The highest BCUT2D eigenvalue weighted by Gasteiger charge is 2.13. The molecule has 2 aromatic rings. The monoisotopic (exact) mass is 437 g/mol. The van der Waals surface area contributed by atoms with Crippen molar-refractivity contribution in [1.82, 2.24) is 5.32 Å². The number of rotatable bonds is 14. The molecular weight excluding hydrogens is 405 g/mol. The van der Waals surface area contributed by atoms with Crippen molar-refractivity contribution < 1.29 is 9.47 Å². The van der Waals surface area contributed by atoms with Crippen LogP contribution < -0.4 is 14.8 Å². The SMILES string of the molecule is CCCCCCCCNCc1cc(Cl)c(OCc2ccc(Cl)cc2)c(OCC)c1. The maximum atomic E-state index is 6.52. The lowest BCUT2D eigenvalue weighted by Crippen LogP contribution is -2.15. The van der Waals surface area contributed by atoms with Crippen LogP contribution in [0.1, 0.15) is 63.5 Å². The van der Waals surface area contributed by atoms with Gasteiger partial charge in [0, 0.05) is 11.6 Å². The Morgan fingerprint density at radius 1 is 0.828 bits per heavy atom. The Labute approximate surface area is 185 Å². The zero-order valence-electron chi connectivity index (χ0n) is 17.6. The van der Waals surface area contributed by atoms with E-state index in [1.807, 2.05) is 43.3 Å². The maximum absolute atomic E-state index is 6.52. The van der Waals surface area contributed by atoms with Crippen molar-refractivity contribution in [2.75, 3.05) is 13.2 Å². The summed E-state index contributed by atoms with van der Waals surface area (Å²) in [6.45, 7) is 6.96. The molecule has 0 atom stereocenters. The summed E-state index contributed by atoms with van der Waals surface area (Å²) in [6, 6.07) is 11.6. The second-order valence-corrected chi connectivity index (χ2v) is 8.04. The zero-order chi connectivity index (χ0) is 20.9. The topological polar surface area (TPSA) is 30.5 Å². The number of halogens is 2. The molecule has 3 nitrogen and oxygen atoms in total. The first-order valence-electron chi connectivity index (χ1n) is 10.7. The predicted octanol–water partition coefficient (Wildman–Crippen LogP) is 7.42. The Bertz CT molecular complexity index is 720. The summed E-state index contributed by atoms with van der Waals surface area (Å²) in [4.78, 5) is 0. The van der Waals surface area contributed by atoms with Crippen LogP contribution in [0, 0.1) is 0 Å². The standard InChI is InChI=1S/C24H33Cl2NO2/c1-3-5-6-7-8-9-14-27-17-20-15-22(26)24(23(16-20)28-4-2)29-18-19-10-12-21(25)13-11-19/h10-13,15-16,27H,3-9,14,17-18H2,1-2H3. The molecular formula is C24H33Cl2NO2. The summed E-state index contributed by atoms with van der Waals surface area (Å²) in [6.07, 6.45) is 7.81. The fraction of sp³-hybridized carbons (Fsp3) is 0.500. The van der Waals surface area contributed by atoms with Gasteiger partial charge in [0.1, 0.15) is 6.61 Å². The van der Waals surface area contributed by atoms with Crippen molar-refractivity contribution in [2.24, 2.45) is 0 Å². The van der Waals surface area contributed by atoms with Crippen molar-refractivity contribution in [3.8, 4) is 11.5 Å². The van der Waals surface area contributed by atoms with Crippen LogP contribution in [0.4, 0.5) is 0 Å². The summed E-state index contributed by atoms with van der Waals surface area (Å²) in [5.74, 6) is 1.27. The molecule has 2 rings (SSSR count). The Balaban J connectivity index is 1.88. The molecule has 0 aliphatic heterocycles. The van der Waals surface area contributed by atoms with Gasteiger partial charge >= 0.3 is 0 Å². The van der Waals surface area contributed by atoms with Crippen molar-refractivity contribution in [3.05, 3.63) is 57.6 Å². The van der Waals surface area contributed by atoms with Crippen LogP contribution in [0.3, 0.4) is 0 Å². The van der Waals surface area contributed by atoms with Crippen molar-refractivity contribution in [3.63, 3.8) is 0 Å².